The van der Waals surface area contributed by atoms with E-state index in [1.54, 1.807) is 31.0 Å². The van der Waals surface area contributed by atoms with Crippen LogP contribution in [0, 0.1) is 5.92 Å². The van der Waals surface area contributed by atoms with E-state index in [0.29, 0.717) is 5.69 Å². The van der Waals surface area contributed by atoms with Gasteiger partial charge in [0.05, 0.1) is 46.7 Å². The molecule has 0 aliphatic heterocycles. The summed E-state index contributed by atoms with van der Waals surface area (Å²) < 4.78 is 0. The number of nitrogens with one attached hydrogen (secondary N) is 3. The summed E-state index contributed by atoms with van der Waals surface area (Å²) in [7, 11) is 0. The molecule has 0 saturated heterocycles. The molecule has 0 unspecified atom stereocenters. The third-order valence-corrected chi connectivity index (χ3v) is 7.02. The fourth-order valence-corrected chi connectivity index (χ4v) is 4.78. The Hall–Kier alpha value is -4.92. The van der Waals surface area contributed by atoms with Gasteiger partial charge in [0.15, 0.2) is 0 Å². The monoisotopic (exact) mass is 486 g/mol. The Labute approximate surface area is 211 Å². The van der Waals surface area contributed by atoms with Crippen LogP contribution in [0.3, 0.4) is 0 Å². The molecule has 0 bridgehead atoms. The Balaban J connectivity index is 1.26. The summed E-state index contributed by atoms with van der Waals surface area (Å²) in [4.78, 5) is 33.4. The quantitative estimate of drug-likeness (QED) is 0.301. The van der Waals surface area contributed by atoms with Gasteiger partial charge in [0.2, 0.25) is 5.91 Å². The first-order chi connectivity index (χ1) is 18.2. The van der Waals surface area contributed by atoms with Crippen LogP contribution >= 0.6 is 0 Å². The number of carbonyl (C=O) groups is 1. The van der Waals surface area contributed by atoms with E-state index in [1.807, 2.05) is 36.7 Å². The zero-order valence-corrected chi connectivity index (χ0v) is 19.8. The number of hydrogen-bond acceptors (Lipinski definition) is 6. The second kappa shape index (κ2) is 8.63. The predicted molar refractivity (Wildman–Crippen MR) is 141 cm³/mol. The lowest BCUT2D eigenvalue weighted by atomic mass is 9.85. The topological polar surface area (TPSA) is 125 Å². The highest BCUT2D eigenvalue weighted by Crippen LogP contribution is 2.34. The van der Waals surface area contributed by atoms with Gasteiger partial charge >= 0.3 is 0 Å². The average molecular weight is 487 g/mol. The van der Waals surface area contributed by atoms with Crippen molar-refractivity contribution in [3.05, 3.63) is 73.7 Å². The van der Waals surface area contributed by atoms with Crippen molar-refractivity contribution in [2.45, 2.75) is 19.3 Å². The minimum atomic E-state index is 0.0603. The number of nitrogens with zero attached hydrogens (tertiary/aromatic N) is 5. The Bertz CT molecular complexity index is 1770. The van der Waals surface area contributed by atoms with Gasteiger partial charge in [-0.25, -0.2) is 0 Å². The van der Waals surface area contributed by atoms with E-state index >= 15 is 0 Å². The van der Waals surface area contributed by atoms with Crippen LogP contribution in [0.4, 0.5) is 5.69 Å². The van der Waals surface area contributed by atoms with Crippen molar-refractivity contribution >= 4 is 33.4 Å². The van der Waals surface area contributed by atoms with Gasteiger partial charge in [-0.2, -0.15) is 5.10 Å². The number of fused-ring (bicyclic) bond motifs is 2. The molecule has 0 radical (unpaired) electrons. The van der Waals surface area contributed by atoms with Gasteiger partial charge in [-0.05, 0) is 48.7 Å². The van der Waals surface area contributed by atoms with Crippen molar-refractivity contribution in [1.82, 2.24) is 35.1 Å². The minimum absolute atomic E-state index is 0.0603. The molecule has 1 aliphatic rings. The van der Waals surface area contributed by atoms with E-state index in [1.165, 1.54) is 0 Å². The highest BCUT2D eigenvalue weighted by Gasteiger charge is 2.25. The van der Waals surface area contributed by atoms with E-state index < -0.39 is 0 Å². The summed E-state index contributed by atoms with van der Waals surface area (Å²) in [6, 6.07) is 9.95. The van der Waals surface area contributed by atoms with Crippen molar-refractivity contribution in [3.8, 4) is 33.8 Å². The molecule has 9 heteroatoms. The summed E-state index contributed by atoms with van der Waals surface area (Å²) in [6.45, 7) is 0. The third-order valence-electron chi connectivity index (χ3n) is 7.02. The van der Waals surface area contributed by atoms with Gasteiger partial charge in [-0.3, -0.25) is 29.8 Å². The molecule has 180 valence electrons. The maximum atomic E-state index is 12.4. The molecule has 0 spiro atoms. The van der Waals surface area contributed by atoms with Gasteiger partial charge in [0.25, 0.3) is 0 Å². The number of pyridine rings is 4. The molecular weight excluding hydrogens is 464 g/mol. The first-order valence-electron chi connectivity index (χ1n) is 12.2. The van der Waals surface area contributed by atoms with Crippen LogP contribution in [0.1, 0.15) is 19.3 Å². The van der Waals surface area contributed by atoms with E-state index in [4.69, 9.17) is 0 Å². The van der Waals surface area contributed by atoms with Gasteiger partial charge in [0, 0.05) is 52.6 Å². The van der Waals surface area contributed by atoms with Crippen LogP contribution in [0.15, 0.2) is 73.7 Å². The Morgan fingerprint density at radius 3 is 2.57 bits per heavy atom. The second-order valence-electron chi connectivity index (χ2n) is 9.33. The van der Waals surface area contributed by atoms with E-state index in [9.17, 15) is 4.79 Å². The standard InChI is InChI=1S/C28H22N8O/c37-28(17-2-1-3-17)33-19-8-18(11-30-12-19)23-10-21-26(15-32-23)35-36-27(21)24-9-20-22(13-31-14-25(20)34-24)16-4-6-29-7-5-16/h4-15,17,34H,1-3H2,(H,33,37)(H,35,36). The van der Waals surface area contributed by atoms with E-state index in [-0.39, 0.29) is 11.8 Å². The Kier molecular flexibility index (Phi) is 4.99. The molecule has 3 N–H and O–H groups in total. The van der Waals surface area contributed by atoms with Gasteiger partial charge in [0.1, 0.15) is 5.69 Å². The zero-order valence-electron chi connectivity index (χ0n) is 19.8. The van der Waals surface area contributed by atoms with Gasteiger partial charge in [-0.1, -0.05) is 6.42 Å². The third kappa shape index (κ3) is 3.81. The SMILES string of the molecule is O=C(Nc1cncc(-c2cc3c(-c4cc5c(-c6ccncc6)cncc5[nH]4)n[nH]c3cn2)c1)C1CCC1. The normalized spacial score (nSPS) is 13.6. The molecule has 7 rings (SSSR count). The summed E-state index contributed by atoms with van der Waals surface area (Å²) >= 11 is 0. The number of aromatic amines is 2. The summed E-state index contributed by atoms with van der Waals surface area (Å²) in [5.74, 6) is 0.169. The molecule has 6 aromatic heterocycles. The molecular formula is C28H22N8O. The first-order valence-corrected chi connectivity index (χ1v) is 12.2. The second-order valence-corrected chi connectivity index (χ2v) is 9.33. The molecule has 6 heterocycles. The van der Waals surface area contributed by atoms with E-state index in [0.717, 1.165) is 74.8 Å². The van der Waals surface area contributed by atoms with Crippen LogP contribution in [-0.4, -0.2) is 41.0 Å². The van der Waals surface area contributed by atoms with Crippen LogP contribution in [0.5, 0.6) is 0 Å². The summed E-state index contributed by atoms with van der Waals surface area (Å²) in [5.41, 5.74) is 7.74. The molecule has 1 fully saturated rings. The number of carbonyl (C=O) groups excluding carboxylic acids is 1. The highest BCUT2D eigenvalue weighted by molar-refractivity contribution is 6.01. The van der Waals surface area contributed by atoms with Crippen LogP contribution in [0.25, 0.3) is 55.6 Å². The van der Waals surface area contributed by atoms with Crippen molar-refractivity contribution in [1.29, 1.82) is 0 Å². The van der Waals surface area contributed by atoms with Crippen LogP contribution in [0.2, 0.25) is 0 Å². The van der Waals surface area contributed by atoms with E-state index in [2.05, 4.69) is 46.5 Å². The Morgan fingerprint density at radius 1 is 0.865 bits per heavy atom. The number of H-pyrrole nitrogens is 2. The van der Waals surface area contributed by atoms with Crippen molar-refractivity contribution in [3.63, 3.8) is 0 Å². The molecule has 1 aliphatic carbocycles. The maximum absolute atomic E-state index is 12.4. The molecule has 1 amide bonds. The summed E-state index contributed by atoms with van der Waals surface area (Å²) in [5, 5.41) is 12.7. The summed E-state index contributed by atoms with van der Waals surface area (Å²) in [6.07, 6.45) is 15.5. The average Bonchev–Trinajstić information content (AvgIpc) is 3.52. The fourth-order valence-electron chi connectivity index (χ4n) is 4.78. The Morgan fingerprint density at radius 2 is 1.73 bits per heavy atom. The highest BCUT2D eigenvalue weighted by atomic mass is 16.1. The predicted octanol–water partition coefficient (Wildman–Crippen LogP) is 5.36. The molecule has 0 aromatic carbocycles. The largest absolute Gasteiger partial charge is 0.352 e. The van der Waals surface area contributed by atoms with Gasteiger partial charge < -0.3 is 10.3 Å². The molecule has 6 aromatic rings. The lowest BCUT2D eigenvalue weighted by Crippen LogP contribution is -2.28. The molecule has 37 heavy (non-hydrogen) atoms. The number of anilines is 1. The molecule has 1 saturated carbocycles. The first kappa shape index (κ1) is 21.4. The van der Waals surface area contributed by atoms with Crippen molar-refractivity contribution in [2.24, 2.45) is 5.92 Å². The minimum Gasteiger partial charge on any atom is -0.352 e. The fraction of sp³-hybridized carbons (Fsp3) is 0.143. The number of amides is 1. The number of aromatic nitrogens is 7. The lowest BCUT2D eigenvalue weighted by Gasteiger charge is -2.24. The maximum Gasteiger partial charge on any atom is 0.227 e. The van der Waals surface area contributed by atoms with Crippen molar-refractivity contribution < 1.29 is 4.79 Å². The van der Waals surface area contributed by atoms with Gasteiger partial charge in [-0.15, -0.1) is 0 Å². The molecule has 0 atom stereocenters. The number of rotatable bonds is 5. The molecule has 9 nitrogen and oxygen atoms in total. The lowest BCUT2D eigenvalue weighted by molar-refractivity contribution is -0.122. The van der Waals surface area contributed by atoms with Crippen LogP contribution < -0.4 is 5.32 Å². The number of hydrogen-bond donors (Lipinski definition) is 3. The smallest absolute Gasteiger partial charge is 0.227 e. The van der Waals surface area contributed by atoms with Crippen molar-refractivity contribution in [2.75, 3.05) is 5.32 Å². The van der Waals surface area contributed by atoms with Crippen LogP contribution in [-0.2, 0) is 4.79 Å². The zero-order chi connectivity index (χ0) is 24.8.